The fourth-order valence-corrected chi connectivity index (χ4v) is 4.36. The molecule has 0 aliphatic carbocycles. The maximum atomic E-state index is 13.4. The van der Waals surface area contributed by atoms with Gasteiger partial charge >= 0.3 is 0 Å². The first kappa shape index (κ1) is 25.3. The zero-order valence-electron chi connectivity index (χ0n) is 20.0. The molecule has 1 fully saturated rings. The molecule has 1 atom stereocenters. The van der Waals surface area contributed by atoms with Crippen LogP contribution >= 0.6 is 12.2 Å². The average molecular weight is 506 g/mol. The summed E-state index contributed by atoms with van der Waals surface area (Å²) in [7, 11) is 0. The SMILES string of the molecule is CCCOc1ccc(NC(=O)C[C@H]2C(=O)N(Cc3ccccc3)C(=S)N2Cc2ccc(F)cc2)cc1. The first-order valence-electron chi connectivity index (χ1n) is 11.9. The number of hydrogen-bond acceptors (Lipinski definition) is 4. The highest BCUT2D eigenvalue weighted by molar-refractivity contribution is 7.80. The van der Waals surface area contributed by atoms with Gasteiger partial charge in [0.2, 0.25) is 5.91 Å². The molecule has 0 aromatic heterocycles. The van der Waals surface area contributed by atoms with Crippen LogP contribution in [0.1, 0.15) is 30.9 Å². The summed E-state index contributed by atoms with van der Waals surface area (Å²) < 4.78 is 19.0. The Kier molecular flexibility index (Phi) is 8.28. The summed E-state index contributed by atoms with van der Waals surface area (Å²) in [6.07, 6.45) is 0.838. The normalized spacial score (nSPS) is 15.3. The molecule has 1 saturated heterocycles. The Morgan fingerprint density at radius 1 is 0.972 bits per heavy atom. The van der Waals surface area contributed by atoms with Crippen molar-refractivity contribution in [3.8, 4) is 5.75 Å². The van der Waals surface area contributed by atoms with E-state index in [-0.39, 0.29) is 30.6 Å². The van der Waals surface area contributed by atoms with Gasteiger partial charge in [0.25, 0.3) is 5.91 Å². The van der Waals surface area contributed by atoms with Gasteiger partial charge in [0.15, 0.2) is 5.11 Å². The lowest BCUT2D eigenvalue weighted by molar-refractivity contribution is -0.131. The van der Waals surface area contributed by atoms with E-state index in [1.807, 2.05) is 37.3 Å². The van der Waals surface area contributed by atoms with Crippen LogP contribution in [0, 0.1) is 5.82 Å². The van der Waals surface area contributed by atoms with Crippen molar-refractivity contribution >= 4 is 34.8 Å². The van der Waals surface area contributed by atoms with Gasteiger partial charge in [-0.15, -0.1) is 0 Å². The van der Waals surface area contributed by atoms with Gasteiger partial charge in [0.1, 0.15) is 17.6 Å². The Morgan fingerprint density at radius 3 is 2.31 bits per heavy atom. The van der Waals surface area contributed by atoms with E-state index in [2.05, 4.69) is 5.32 Å². The average Bonchev–Trinajstić information content (AvgIpc) is 3.09. The third-order valence-corrected chi connectivity index (χ3v) is 6.30. The fourth-order valence-electron chi connectivity index (χ4n) is 4.01. The predicted molar refractivity (Wildman–Crippen MR) is 141 cm³/mol. The van der Waals surface area contributed by atoms with Gasteiger partial charge in [0, 0.05) is 12.2 Å². The standard InChI is InChI=1S/C28H28FN3O3S/c1-2-16-35-24-14-12-23(13-15-24)30-26(33)17-25-27(34)32(19-20-6-4-3-5-7-20)28(36)31(25)18-21-8-10-22(29)11-9-21/h3-15,25H,2,16-19H2,1H3,(H,30,33)/t25-/m0/s1. The van der Waals surface area contributed by atoms with Crippen molar-refractivity contribution in [1.82, 2.24) is 9.80 Å². The van der Waals surface area contributed by atoms with E-state index in [1.54, 1.807) is 41.3 Å². The minimum Gasteiger partial charge on any atom is -0.494 e. The van der Waals surface area contributed by atoms with Crippen molar-refractivity contribution < 1.29 is 18.7 Å². The second-order valence-corrected chi connectivity index (χ2v) is 8.95. The Morgan fingerprint density at radius 2 is 1.64 bits per heavy atom. The summed E-state index contributed by atoms with van der Waals surface area (Å²) >= 11 is 5.68. The molecule has 0 bridgehead atoms. The van der Waals surface area contributed by atoms with Crippen molar-refractivity contribution in [3.05, 3.63) is 95.8 Å². The van der Waals surface area contributed by atoms with Crippen molar-refractivity contribution in [2.24, 2.45) is 0 Å². The minimum atomic E-state index is -0.765. The van der Waals surface area contributed by atoms with E-state index in [4.69, 9.17) is 17.0 Å². The lowest BCUT2D eigenvalue weighted by Crippen LogP contribution is -2.37. The van der Waals surface area contributed by atoms with Crippen LogP contribution in [-0.4, -0.2) is 39.4 Å². The van der Waals surface area contributed by atoms with Gasteiger partial charge in [-0.3, -0.25) is 14.5 Å². The third-order valence-electron chi connectivity index (χ3n) is 5.84. The Bertz CT molecular complexity index is 1200. The van der Waals surface area contributed by atoms with Crippen LogP contribution < -0.4 is 10.1 Å². The molecule has 4 rings (SSSR count). The molecule has 1 N–H and O–H groups in total. The van der Waals surface area contributed by atoms with Gasteiger partial charge in [-0.25, -0.2) is 4.39 Å². The molecule has 0 spiro atoms. The second kappa shape index (κ2) is 11.8. The molecule has 1 heterocycles. The van der Waals surface area contributed by atoms with Crippen LogP contribution in [0.25, 0.3) is 0 Å². The predicted octanol–water partition coefficient (Wildman–Crippen LogP) is 5.14. The number of benzene rings is 3. The van der Waals surface area contributed by atoms with Crippen LogP contribution in [0.4, 0.5) is 10.1 Å². The van der Waals surface area contributed by atoms with Crippen molar-refractivity contribution in [2.75, 3.05) is 11.9 Å². The molecule has 2 amide bonds. The topological polar surface area (TPSA) is 61.9 Å². The van der Waals surface area contributed by atoms with Crippen molar-refractivity contribution in [3.63, 3.8) is 0 Å². The zero-order valence-corrected chi connectivity index (χ0v) is 20.8. The van der Waals surface area contributed by atoms with Gasteiger partial charge < -0.3 is 15.0 Å². The van der Waals surface area contributed by atoms with Crippen molar-refractivity contribution in [1.29, 1.82) is 0 Å². The molecule has 186 valence electrons. The minimum absolute atomic E-state index is 0.0699. The molecule has 8 heteroatoms. The first-order chi connectivity index (χ1) is 17.4. The summed E-state index contributed by atoms with van der Waals surface area (Å²) in [6.45, 7) is 3.26. The third kappa shape index (κ3) is 6.26. The molecule has 0 radical (unpaired) electrons. The molecular weight excluding hydrogens is 477 g/mol. The van der Waals surface area contributed by atoms with Crippen LogP contribution in [0.15, 0.2) is 78.9 Å². The Labute approximate surface area is 215 Å². The number of ether oxygens (including phenoxy) is 1. The van der Waals surface area contributed by atoms with E-state index >= 15 is 0 Å². The number of thiocarbonyl (C=S) groups is 1. The number of carbonyl (C=O) groups excluding carboxylic acids is 2. The highest BCUT2D eigenvalue weighted by Gasteiger charge is 2.43. The maximum absolute atomic E-state index is 13.4. The molecule has 1 aliphatic heterocycles. The van der Waals surface area contributed by atoms with E-state index in [0.717, 1.165) is 23.3 Å². The Hall–Kier alpha value is -3.78. The zero-order chi connectivity index (χ0) is 25.5. The number of amides is 2. The smallest absolute Gasteiger partial charge is 0.252 e. The summed E-state index contributed by atoms with van der Waals surface area (Å²) in [5.41, 5.74) is 2.34. The number of hydrogen-bond donors (Lipinski definition) is 1. The number of halogens is 1. The highest BCUT2D eigenvalue weighted by Crippen LogP contribution is 2.26. The van der Waals surface area contributed by atoms with Gasteiger partial charge in [-0.2, -0.15) is 0 Å². The van der Waals surface area contributed by atoms with Gasteiger partial charge in [0.05, 0.1) is 19.6 Å². The van der Waals surface area contributed by atoms with E-state index < -0.39 is 6.04 Å². The lowest BCUT2D eigenvalue weighted by Gasteiger charge is -2.24. The summed E-state index contributed by atoms with van der Waals surface area (Å²) in [4.78, 5) is 29.7. The fraction of sp³-hybridized carbons (Fsp3) is 0.250. The first-order valence-corrected chi connectivity index (χ1v) is 12.3. The van der Waals surface area contributed by atoms with Gasteiger partial charge in [-0.05, 0) is 66.2 Å². The van der Waals surface area contributed by atoms with E-state index in [0.29, 0.717) is 24.0 Å². The van der Waals surface area contributed by atoms with Gasteiger partial charge in [-0.1, -0.05) is 49.4 Å². The number of carbonyl (C=O) groups is 2. The largest absolute Gasteiger partial charge is 0.494 e. The summed E-state index contributed by atoms with van der Waals surface area (Å²) in [5, 5.41) is 3.21. The molecule has 3 aromatic carbocycles. The second-order valence-electron chi connectivity index (χ2n) is 8.59. The van der Waals surface area contributed by atoms with Crippen LogP contribution in [-0.2, 0) is 22.7 Å². The molecule has 0 saturated carbocycles. The quantitative estimate of drug-likeness (QED) is 0.387. The molecule has 0 unspecified atom stereocenters. The highest BCUT2D eigenvalue weighted by atomic mass is 32.1. The van der Waals surface area contributed by atoms with Crippen LogP contribution in [0.3, 0.4) is 0 Å². The lowest BCUT2D eigenvalue weighted by atomic mass is 10.1. The molecular formula is C28H28FN3O3S. The monoisotopic (exact) mass is 505 g/mol. The van der Waals surface area contributed by atoms with E-state index in [9.17, 15) is 14.0 Å². The molecule has 6 nitrogen and oxygen atoms in total. The summed E-state index contributed by atoms with van der Waals surface area (Å²) in [5.74, 6) is -0.145. The number of nitrogens with one attached hydrogen (secondary N) is 1. The van der Waals surface area contributed by atoms with Crippen LogP contribution in [0.5, 0.6) is 5.75 Å². The molecule has 3 aromatic rings. The molecule has 36 heavy (non-hydrogen) atoms. The maximum Gasteiger partial charge on any atom is 0.252 e. The van der Waals surface area contributed by atoms with Crippen molar-refractivity contribution in [2.45, 2.75) is 38.9 Å². The number of rotatable bonds is 10. The number of nitrogens with zero attached hydrogens (tertiary/aromatic N) is 2. The van der Waals surface area contributed by atoms with E-state index in [1.165, 1.54) is 17.0 Å². The number of anilines is 1. The van der Waals surface area contributed by atoms with Crippen LogP contribution in [0.2, 0.25) is 0 Å². The molecule has 1 aliphatic rings. The Balaban J connectivity index is 1.49. The summed E-state index contributed by atoms with van der Waals surface area (Å²) in [6, 6.07) is 22.0.